The summed E-state index contributed by atoms with van der Waals surface area (Å²) in [5, 5.41) is 6.81. The van der Waals surface area contributed by atoms with Crippen molar-refractivity contribution in [1.82, 2.24) is 5.32 Å². The average molecular weight is 306 g/mol. The molecule has 5 nitrogen and oxygen atoms in total. The van der Waals surface area contributed by atoms with Crippen molar-refractivity contribution >= 4 is 11.6 Å². The van der Waals surface area contributed by atoms with Crippen LogP contribution in [0, 0.1) is 5.82 Å². The molecule has 1 aromatic carbocycles. The molecular formula is C16H19FN2O3. The molecule has 118 valence electrons. The molecule has 1 aromatic rings. The van der Waals surface area contributed by atoms with Crippen LogP contribution in [0.1, 0.15) is 31.7 Å². The number of amides is 1. The molecule has 22 heavy (non-hydrogen) atoms. The van der Waals surface area contributed by atoms with Gasteiger partial charge >= 0.3 is 0 Å². The van der Waals surface area contributed by atoms with E-state index in [0.29, 0.717) is 24.2 Å². The number of nitrogens with zero attached hydrogens (tertiary/aromatic N) is 1. The first-order valence-corrected chi connectivity index (χ1v) is 7.48. The maximum atomic E-state index is 13.3. The molecule has 6 heteroatoms. The predicted molar refractivity (Wildman–Crippen MR) is 79.0 cm³/mol. The number of ether oxygens (including phenoxy) is 1. The number of carbonyl (C=O) groups is 1. The van der Waals surface area contributed by atoms with Gasteiger partial charge in [-0.05, 0) is 31.9 Å². The fraction of sp³-hybridized carbons (Fsp3) is 0.500. The molecule has 0 aromatic heterocycles. The summed E-state index contributed by atoms with van der Waals surface area (Å²) in [6.45, 7) is 2.92. The highest BCUT2D eigenvalue weighted by atomic mass is 19.1. The minimum atomic E-state index is -1.06. The molecule has 0 radical (unpaired) electrons. The number of oxime groups is 1. The van der Waals surface area contributed by atoms with E-state index in [1.807, 2.05) is 0 Å². The number of rotatable bonds is 4. The summed E-state index contributed by atoms with van der Waals surface area (Å²) in [6.07, 6.45) is 2.38. The minimum absolute atomic E-state index is 0.0811. The van der Waals surface area contributed by atoms with Gasteiger partial charge in [-0.3, -0.25) is 4.79 Å². The Kier molecular flexibility index (Phi) is 4.11. The highest BCUT2D eigenvalue weighted by molar-refractivity contribution is 6.05. The number of hydrogen-bond donors (Lipinski definition) is 1. The third kappa shape index (κ3) is 3.11. The van der Waals surface area contributed by atoms with Gasteiger partial charge in [0, 0.05) is 25.1 Å². The van der Waals surface area contributed by atoms with Crippen molar-refractivity contribution in [2.45, 2.75) is 37.9 Å². The molecule has 2 atom stereocenters. The van der Waals surface area contributed by atoms with Crippen molar-refractivity contribution in [1.29, 1.82) is 0 Å². The Balaban J connectivity index is 1.59. The molecule has 2 aliphatic rings. The van der Waals surface area contributed by atoms with Gasteiger partial charge in [0.05, 0.1) is 11.8 Å². The lowest BCUT2D eigenvalue weighted by Gasteiger charge is -2.21. The second-order valence-electron chi connectivity index (χ2n) is 5.89. The Bertz CT molecular complexity index is 599. The molecule has 0 bridgehead atoms. The van der Waals surface area contributed by atoms with Crippen molar-refractivity contribution < 1.29 is 18.8 Å². The van der Waals surface area contributed by atoms with E-state index in [1.54, 1.807) is 19.1 Å². The van der Waals surface area contributed by atoms with Crippen molar-refractivity contribution in [2.24, 2.45) is 5.16 Å². The minimum Gasteiger partial charge on any atom is -0.379 e. The smallest absolute Gasteiger partial charge is 0.267 e. The van der Waals surface area contributed by atoms with Crippen LogP contribution in [-0.4, -0.2) is 36.5 Å². The van der Waals surface area contributed by atoms with Crippen LogP contribution >= 0.6 is 0 Å². The lowest BCUT2D eigenvalue weighted by molar-refractivity contribution is -0.142. The molecule has 1 fully saturated rings. The van der Waals surface area contributed by atoms with Gasteiger partial charge in [0.15, 0.2) is 0 Å². The molecular weight excluding hydrogens is 287 g/mol. The zero-order valence-corrected chi connectivity index (χ0v) is 12.5. The van der Waals surface area contributed by atoms with Crippen LogP contribution in [0.5, 0.6) is 0 Å². The first kappa shape index (κ1) is 15.0. The van der Waals surface area contributed by atoms with Crippen molar-refractivity contribution in [3.05, 3.63) is 35.6 Å². The summed E-state index contributed by atoms with van der Waals surface area (Å²) in [6, 6.07) is 6.12. The zero-order chi connectivity index (χ0) is 15.6. The van der Waals surface area contributed by atoms with Gasteiger partial charge < -0.3 is 14.9 Å². The first-order valence-electron chi connectivity index (χ1n) is 7.48. The van der Waals surface area contributed by atoms with Gasteiger partial charge in [-0.1, -0.05) is 17.3 Å². The van der Waals surface area contributed by atoms with Crippen LogP contribution in [0.25, 0.3) is 0 Å². The van der Waals surface area contributed by atoms with E-state index >= 15 is 0 Å². The maximum absolute atomic E-state index is 13.3. The largest absolute Gasteiger partial charge is 0.379 e. The molecule has 1 saturated heterocycles. The Labute approximate surface area is 128 Å². The topological polar surface area (TPSA) is 59.9 Å². The van der Waals surface area contributed by atoms with Gasteiger partial charge in [0.25, 0.3) is 5.91 Å². The second-order valence-corrected chi connectivity index (χ2v) is 5.89. The predicted octanol–water partition coefficient (Wildman–Crippen LogP) is 2.00. The van der Waals surface area contributed by atoms with E-state index in [0.717, 1.165) is 19.4 Å². The Morgan fingerprint density at radius 2 is 2.41 bits per heavy atom. The van der Waals surface area contributed by atoms with E-state index in [9.17, 15) is 9.18 Å². The third-order valence-corrected chi connectivity index (χ3v) is 4.01. The summed E-state index contributed by atoms with van der Waals surface area (Å²) < 4.78 is 18.8. The van der Waals surface area contributed by atoms with E-state index in [-0.39, 0.29) is 17.8 Å². The molecule has 2 aliphatic heterocycles. The molecule has 0 spiro atoms. The van der Waals surface area contributed by atoms with Gasteiger partial charge in [-0.25, -0.2) is 4.39 Å². The average Bonchev–Trinajstić information content (AvgIpc) is 3.15. The Hall–Kier alpha value is -1.95. The molecule has 3 rings (SSSR count). The monoisotopic (exact) mass is 306 g/mol. The summed E-state index contributed by atoms with van der Waals surface area (Å²) >= 11 is 0. The Morgan fingerprint density at radius 1 is 1.55 bits per heavy atom. The van der Waals surface area contributed by atoms with E-state index in [4.69, 9.17) is 9.57 Å². The molecule has 1 N–H and O–H groups in total. The van der Waals surface area contributed by atoms with Crippen LogP contribution in [0.15, 0.2) is 29.4 Å². The third-order valence-electron chi connectivity index (χ3n) is 4.01. The van der Waals surface area contributed by atoms with Crippen LogP contribution in [-0.2, 0) is 14.4 Å². The number of hydrogen-bond acceptors (Lipinski definition) is 4. The zero-order valence-electron chi connectivity index (χ0n) is 12.5. The fourth-order valence-corrected chi connectivity index (χ4v) is 2.68. The molecule has 0 saturated carbocycles. The number of halogens is 1. The summed E-state index contributed by atoms with van der Waals surface area (Å²) in [7, 11) is 0. The normalized spacial score (nSPS) is 27.4. The van der Waals surface area contributed by atoms with Gasteiger partial charge in [-0.2, -0.15) is 0 Å². The summed E-state index contributed by atoms with van der Waals surface area (Å²) in [5.41, 5.74) is 0.158. The highest BCUT2D eigenvalue weighted by Gasteiger charge is 2.42. The molecule has 1 amide bonds. The second kappa shape index (κ2) is 6.04. The van der Waals surface area contributed by atoms with Crippen molar-refractivity contribution in [3.8, 4) is 0 Å². The Morgan fingerprint density at radius 3 is 3.14 bits per heavy atom. The van der Waals surface area contributed by atoms with Crippen LogP contribution in [0.2, 0.25) is 0 Å². The summed E-state index contributed by atoms with van der Waals surface area (Å²) in [4.78, 5) is 17.7. The highest BCUT2D eigenvalue weighted by Crippen LogP contribution is 2.27. The van der Waals surface area contributed by atoms with E-state index < -0.39 is 5.60 Å². The lowest BCUT2D eigenvalue weighted by atomic mass is 9.95. The number of benzene rings is 1. The first-order chi connectivity index (χ1) is 10.6. The van der Waals surface area contributed by atoms with Gasteiger partial charge in [-0.15, -0.1) is 0 Å². The summed E-state index contributed by atoms with van der Waals surface area (Å²) in [5.74, 6) is -0.560. The molecule has 2 heterocycles. The van der Waals surface area contributed by atoms with E-state index in [2.05, 4.69) is 10.5 Å². The fourth-order valence-electron chi connectivity index (χ4n) is 2.68. The van der Waals surface area contributed by atoms with Gasteiger partial charge in [0.1, 0.15) is 5.82 Å². The van der Waals surface area contributed by atoms with Gasteiger partial charge in [0.2, 0.25) is 5.60 Å². The van der Waals surface area contributed by atoms with E-state index in [1.165, 1.54) is 12.1 Å². The SMILES string of the molecule is C[C@]1(C(=O)NC[C@@H]2CCCO2)CC(c2cccc(F)c2)=NO1. The van der Waals surface area contributed by atoms with Crippen molar-refractivity contribution in [2.75, 3.05) is 13.2 Å². The lowest BCUT2D eigenvalue weighted by Crippen LogP contribution is -2.46. The standard InChI is InChI=1S/C16H19FN2O3/c1-16(15(20)18-10-13-6-3-7-21-13)9-14(19-22-16)11-4-2-5-12(17)8-11/h2,4-5,8,13H,3,6-7,9-10H2,1H3,(H,18,20)/t13-,16+/m0/s1. The van der Waals surface area contributed by atoms with Crippen LogP contribution < -0.4 is 5.32 Å². The number of carbonyl (C=O) groups excluding carboxylic acids is 1. The van der Waals surface area contributed by atoms with Crippen LogP contribution in [0.4, 0.5) is 4.39 Å². The number of nitrogens with one attached hydrogen (secondary N) is 1. The van der Waals surface area contributed by atoms with Crippen LogP contribution in [0.3, 0.4) is 0 Å². The molecule has 0 aliphatic carbocycles. The maximum Gasteiger partial charge on any atom is 0.267 e. The quantitative estimate of drug-likeness (QED) is 0.925. The van der Waals surface area contributed by atoms with Crippen molar-refractivity contribution in [3.63, 3.8) is 0 Å². The molecule has 0 unspecified atom stereocenters.